The van der Waals surface area contributed by atoms with Gasteiger partial charge in [0.2, 0.25) is 0 Å². The minimum atomic E-state index is -3.62. The molecule has 0 atom stereocenters. The van der Waals surface area contributed by atoms with Gasteiger partial charge in [-0.2, -0.15) is 0 Å². The maximum Gasteiger partial charge on any atom is 0.337 e. The van der Waals surface area contributed by atoms with Crippen LogP contribution in [0.4, 0.5) is 5.69 Å². The Morgan fingerprint density at radius 2 is 1.85 bits per heavy atom. The molecule has 0 bridgehead atoms. The maximum atomic E-state index is 12.1. The van der Waals surface area contributed by atoms with Crippen LogP contribution in [0.1, 0.15) is 10.4 Å². The van der Waals surface area contributed by atoms with E-state index >= 15 is 0 Å². The zero-order valence-corrected chi connectivity index (χ0v) is 11.8. The summed E-state index contributed by atoms with van der Waals surface area (Å²) >= 11 is 0. The average molecular weight is 294 g/mol. The third-order valence-corrected chi connectivity index (χ3v) is 4.04. The number of rotatable bonds is 4. The lowest BCUT2D eigenvalue weighted by Crippen LogP contribution is -2.12. The molecule has 0 aliphatic heterocycles. The Morgan fingerprint density at radius 3 is 2.35 bits per heavy atom. The van der Waals surface area contributed by atoms with Gasteiger partial charge in [0.25, 0.3) is 10.0 Å². The summed E-state index contributed by atoms with van der Waals surface area (Å²) in [4.78, 5) is 11.4. The van der Waals surface area contributed by atoms with Gasteiger partial charge in [-0.15, -0.1) is 0 Å². The summed E-state index contributed by atoms with van der Waals surface area (Å²) in [6.07, 6.45) is 3.15. The number of ether oxygens (including phenoxy) is 1. The van der Waals surface area contributed by atoms with E-state index in [1.165, 1.54) is 43.6 Å². The summed E-state index contributed by atoms with van der Waals surface area (Å²) in [6, 6.07) is 7.51. The van der Waals surface area contributed by atoms with Gasteiger partial charge in [0, 0.05) is 25.1 Å². The van der Waals surface area contributed by atoms with E-state index in [-0.39, 0.29) is 4.90 Å². The zero-order chi connectivity index (χ0) is 14.8. The van der Waals surface area contributed by atoms with Crippen molar-refractivity contribution in [1.29, 1.82) is 0 Å². The number of benzene rings is 1. The molecule has 7 heteroatoms. The number of carbonyl (C=O) groups excluding carboxylic acids is 1. The van der Waals surface area contributed by atoms with E-state index in [2.05, 4.69) is 9.46 Å². The number of anilines is 1. The summed E-state index contributed by atoms with van der Waals surface area (Å²) in [7, 11) is -0.592. The highest BCUT2D eigenvalue weighted by Gasteiger charge is 2.15. The molecule has 1 heterocycles. The molecule has 0 aliphatic carbocycles. The molecule has 2 rings (SSSR count). The van der Waals surface area contributed by atoms with Crippen LogP contribution in [0.5, 0.6) is 0 Å². The largest absolute Gasteiger partial charge is 0.465 e. The van der Waals surface area contributed by atoms with Gasteiger partial charge in [-0.1, -0.05) is 0 Å². The van der Waals surface area contributed by atoms with E-state index in [1.807, 2.05) is 0 Å². The quantitative estimate of drug-likeness (QED) is 0.869. The van der Waals surface area contributed by atoms with E-state index in [4.69, 9.17) is 0 Å². The Morgan fingerprint density at radius 1 is 1.20 bits per heavy atom. The first-order valence-corrected chi connectivity index (χ1v) is 7.24. The Hall–Kier alpha value is -2.28. The van der Waals surface area contributed by atoms with Crippen LogP contribution < -0.4 is 4.72 Å². The Labute approximate surface area is 117 Å². The van der Waals surface area contributed by atoms with Gasteiger partial charge in [0.05, 0.1) is 12.7 Å². The average Bonchev–Trinajstić information content (AvgIpc) is 2.86. The maximum absolute atomic E-state index is 12.1. The zero-order valence-electron chi connectivity index (χ0n) is 11.0. The number of nitrogens with one attached hydrogen (secondary N) is 1. The van der Waals surface area contributed by atoms with E-state index in [0.29, 0.717) is 11.3 Å². The molecule has 20 heavy (non-hydrogen) atoms. The fourth-order valence-electron chi connectivity index (χ4n) is 1.64. The molecule has 106 valence electrons. The predicted octanol–water partition coefficient (Wildman–Crippen LogP) is 1.61. The van der Waals surface area contributed by atoms with Gasteiger partial charge in [0.15, 0.2) is 0 Å². The molecule has 2 aromatic rings. The molecule has 0 aliphatic rings. The van der Waals surface area contributed by atoms with Crippen molar-refractivity contribution in [2.75, 3.05) is 11.8 Å². The van der Waals surface area contributed by atoms with E-state index in [9.17, 15) is 13.2 Å². The van der Waals surface area contributed by atoms with Gasteiger partial charge < -0.3 is 9.30 Å². The molecule has 0 radical (unpaired) electrons. The van der Waals surface area contributed by atoms with Crippen LogP contribution in [-0.2, 0) is 21.8 Å². The van der Waals surface area contributed by atoms with Crippen molar-refractivity contribution >= 4 is 21.7 Å². The molecule has 0 fully saturated rings. The summed E-state index contributed by atoms with van der Waals surface area (Å²) in [6.45, 7) is 0. The fourth-order valence-corrected chi connectivity index (χ4v) is 2.75. The number of sulfonamides is 1. The van der Waals surface area contributed by atoms with Crippen molar-refractivity contribution < 1.29 is 17.9 Å². The third kappa shape index (κ3) is 3.00. The lowest BCUT2D eigenvalue weighted by atomic mass is 10.2. The van der Waals surface area contributed by atoms with Crippen LogP contribution in [0.25, 0.3) is 0 Å². The smallest absolute Gasteiger partial charge is 0.337 e. The molecule has 6 nitrogen and oxygen atoms in total. The van der Waals surface area contributed by atoms with Crippen molar-refractivity contribution in [3.05, 3.63) is 48.3 Å². The highest BCUT2D eigenvalue weighted by molar-refractivity contribution is 7.92. The molecular weight excluding hydrogens is 280 g/mol. The first kappa shape index (κ1) is 14.1. The number of aromatic nitrogens is 1. The summed E-state index contributed by atoms with van der Waals surface area (Å²) in [5.74, 6) is -0.470. The first-order chi connectivity index (χ1) is 9.42. The molecule has 0 amide bonds. The predicted molar refractivity (Wildman–Crippen MR) is 74.0 cm³/mol. The van der Waals surface area contributed by atoms with Crippen molar-refractivity contribution in [3.8, 4) is 0 Å². The summed E-state index contributed by atoms with van der Waals surface area (Å²) < 4.78 is 32.8. The Bertz CT molecular complexity index is 717. The van der Waals surface area contributed by atoms with Crippen LogP contribution in [0, 0.1) is 0 Å². The minimum absolute atomic E-state index is 0.178. The Balaban J connectivity index is 2.20. The number of esters is 1. The third-order valence-electron chi connectivity index (χ3n) is 2.67. The van der Waals surface area contributed by atoms with Crippen LogP contribution in [0.15, 0.2) is 47.6 Å². The molecular formula is C13H14N2O4S. The SMILES string of the molecule is COC(=O)c1ccc(NS(=O)(=O)c2ccn(C)c2)cc1. The second-order valence-corrected chi connectivity index (χ2v) is 5.87. The molecule has 0 saturated heterocycles. The van der Waals surface area contributed by atoms with E-state index in [1.54, 1.807) is 17.8 Å². The molecule has 1 aromatic heterocycles. The van der Waals surface area contributed by atoms with Crippen LogP contribution in [0.3, 0.4) is 0 Å². The van der Waals surface area contributed by atoms with Crippen molar-refractivity contribution in [1.82, 2.24) is 4.57 Å². The molecule has 1 aromatic carbocycles. The second kappa shape index (κ2) is 5.38. The summed E-state index contributed by atoms with van der Waals surface area (Å²) in [5, 5.41) is 0. The van der Waals surface area contributed by atoms with Gasteiger partial charge in [0.1, 0.15) is 4.90 Å². The van der Waals surface area contributed by atoms with Crippen LogP contribution >= 0.6 is 0 Å². The lowest BCUT2D eigenvalue weighted by Gasteiger charge is -2.07. The molecule has 0 saturated carbocycles. The molecule has 1 N–H and O–H groups in total. The van der Waals surface area contributed by atoms with Crippen LogP contribution in [0.2, 0.25) is 0 Å². The normalized spacial score (nSPS) is 11.1. The fraction of sp³-hybridized carbons (Fsp3) is 0.154. The lowest BCUT2D eigenvalue weighted by molar-refractivity contribution is 0.0601. The van der Waals surface area contributed by atoms with Crippen molar-refractivity contribution in [2.24, 2.45) is 7.05 Å². The number of methoxy groups -OCH3 is 1. The highest BCUT2D eigenvalue weighted by Crippen LogP contribution is 2.17. The van der Waals surface area contributed by atoms with Crippen molar-refractivity contribution in [2.45, 2.75) is 4.90 Å². The monoisotopic (exact) mass is 294 g/mol. The van der Waals surface area contributed by atoms with Crippen molar-refractivity contribution in [3.63, 3.8) is 0 Å². The van der Waals surface area contributed by atoms with E-state index < -0.39 is 16.0 Å². The van der Waals surface area contributed by atoms with E-state index in [0.717, 1.165) is 0 Å². The van der Waals surface area contributed by atoms with Gasteiger partial charge in [-0.3, -0.25) is 4.72 Å². The first-order valence-electron chi connectivity index (χ1n) is 5.75. The minimum Gasteiger partial charge on any atom is -0.465 e. The number of nitrogens with zero attached hydrogens (tertiary/aromatic N) is 1. The number of hydrogen-bond acceptors (Lipinski definition) is 4. The molecule has 0 unspecified atom stereocenters. The Kier molecular flexibility index (Phi) is 3.80. The van der Waals surface area contributed by atoms with Gasteiger partial charge in [-0.25, -0.2) is 13.2 Å². The van der Waals surface area contributed by atoms with Crippen LogP contribution in [-0.4, -0.2) is 26.1 Å². The molecule has 0 spiro atoms. The second-order valence-electron chi connectivity index (χ2n) is 4.19. The standard InChI is InChI=1S/C13H14N2O4S/c1-15-8-7-12(9-15)20(17,18)14-11-5-3-10(4-6-11)13(16)19-2/h3-9,14H,1-2H3. The van der Waals surface area contributed by atoms with Gasteiger partial charge in [-0.05, 0) is 30.3 Å². The highest BCUT2D eigenvalue weighted by atomic mass is 32.2. The topological polar surface area (TPSA) is 77.4 Å². The summed E-state index contributed by atoms with van der Waals surface area (Å²) in [5.41, 5.74) is 0.733. The number of aryl methyl sites for hydroxylation is 1. The number of hydrogen-bond donors (Lipinski definition) is 1. The number of carbonyl (C=O) groups is 1. The van der Waals surface area contributed by atoms with Gasteiger partial charge >= 0.3 is 5.97 Å².